The molecule has 2 aromatic rings. The van der Waals surface area contributed by atoms with E-state index in [0.717, 1.165) is 10.6 Å². The highest BCUT2D eigenvalue weighted by atomic mass is 35.5. The van der Waals surface area contributed by atoms with Gasteiger partial charge in [0.25, 0.3) is 0 Å². The van der Waals surface area contributed by atoms with Gasteiger partial charge in [0, 0.05) is 18.6 Å². The molecule has 0 aromatic heterocycles. The third kappa shape index (κ3) is 6.76. The van der Waals surface area contributed by atoms with Gasteiger partial charge in [0.2, 0.25) is 21.8 Å². The van der Waals surface area contributed by atoms with Crippen LogP contribution in [0.3, 0.4) is 0 Å². The molecule has 0 aliphatic rings. The van der Waals surface area contributed by atoms with Crippen LogP contribution in [0.25, 0.3) is 0 Å². The first-order chi connectivity index (χ1) is 15.4. The van der Waals surface area contributed by atoms with Gasteiger partial charge in [-0.05, 0) is 48.7 Å². The first-order valence-electron chi connectivity index (χ1n) is 10.1. The third-order valence-corrected chi connectivity index (χ3v) is 7.43. The molecule has 2 aromatic carbocycles. The van der Waals surface area contributed by atoms with Gasteiger partial charge in [0.1, 0.15) is 12.6 Å². The Hall–Kier alpha value is -2.00. The lowest BCUT2D eigenvalue weighted by molar-refractivity contribution is -0.140. The van der Waals surface area contributed by atoms with Crippen molar-refractivity contribution in [1.82, 2.24) is 10.2 Å². The lowest BCUT2D eigenvalue weighted by Crippen LogP contribution is -2.51. The molecular formula is C22H26Cl3N3O4S. The van der Waals surface area contributed by atoms with Crippen molar-refractivity contribution in [1.29, 1.82) is 0 Å². The minimum Gasteiger partial charge on any atom is -0.357 e. The van der Waals surface area contributed by atoms with Crippen molar-refractivity contribution in [3.63, 3.8) is 0 Å². The van der Waals surface area contributed by atoms with Crippen LogP contribution in [-0.4, -0.2) is 51.0 Å². The summed E-state index contributed by atoms with van der Waals surface area (Å²) in [5.41, 5.74) is 1.46. The number of carbonyl (C=O) groups excluding carboxylic acids is 2. The highest BCUT2D eigenvalue weighted by Gasteiger charge is 2.32. The fourth-order valence-corrected chi connectivity index (χ4v) is 4.77. The van der Waals surface area contributed by atoms with Crippen LogP contribution in [0, 0.1) is 6.92 Å². The van der Waals surface area contributed by atoms with E-state index in [2.05, 4.69) is 5.32 Å². The number of hydrogen-bond acceptors (Lipinski definition) is 4. The number of hydrogen-bond donors (Lipinski definition) is 1. The normalized spacial score (nSPS) is 12.2. The first-order valence-corrected chi connectivity index (χ1v) is 13.1. The van der Waals surface area contributed by atoms with Gasteiger partial charge in [0.15, 0.2) is 0 Å². The number of sulfonamides is 1. The minimum absolute atomic E-state index is 0.0355. The number of halogens is 3. The minimum atomic E-state index is -3.84. The molecule has 33 heavy (non-hydrogen) atoms. The van der Waals surface area contributed by atoms with E-state index in [4.69, 9.17) is 34.8 Å². The van der Waals surface area contributed by atoms with Crippen LogP contribution < -0.4 is 9.62 Å². The Bertz CT molecular complexity index is 1140. The fraction of sp³-hybridized carbons (Fsp3) is 0.364. The van der Waals surface area contributed by atoms with Crippen molar-refractivity contribution in [2.75, 3.05) is 24.2 Å². The Morgan fingerprint density at radius 2 is 1.73 bits per heavy atom. The maximum atomic E-state index is 13.5. The summed E-state index contributed by atoms with van der Waals surface area (Å²) in [5, 5.41) is 3.60. The molecule has 0 bridgehead atoms. The number of anilines is 1. The number of amides is 2. The van der Waals surface area contributed by atoms with E-state index in [1.54, 1.807) is 50.2 Å². The van der Waals surface area contributed by atoms with E-state index in [0.29, 0.717) is 38.3 Å². The van der Waals surface area contributed by atoms with Crippen molar-refractivity contribution in [2.24, 2.45) is 0 Å². The standard InChI is InChI=1S/C22H26Cl3N3O4S/c1-5-19(22(30)26-3)27(12-15-9-10-17(24)18(25)11-15)21(29)13-28(33(4,31)32)20-8-6-7-16(23)14(20)2/h6-11,19H,5,12-13H2,1-4H3,(H,26,30)/t19-/m1/s1. The van der Waals surface area contributed by atoms with E-state index >= 15 is 0 Å². The molecule has 11 heteroatoms. The van der Waals surface area contributed by atoms with Crippen LogP contribution in [-0.2, 0) is 26.2 Å². The van der Waals surface area contributed by atoms with E-state index in [1.165, 1.54) is 11.9 Å². The Labute approximate surface area is 209 Å². The average Bonchev–Trinajstić information content (AvgIpc) is 2.75. The molecule has 1 atom stereocenters. The summed E-state index contributed by atoms with van der Waals surface area (Å²) in [6.07, 6.45) is 1.34. The lowest BCUT2D eigenvalue weighted by atomic mass is 10.1. The number of benzene rings is 2. The summed E-state index contributed by atoms with van der Waals surface area (Å²) in [6, 6.07) is 8.91. The summed E-state index contributed by atoms with van der Waals surface area (Å²) in [7, 11) is -2.36. The van der Waals surface area contributed by atoms with Crippen LogP contribution >= 0.6 is 34.8 Å². The van der Waals surface area contributed by atoms with Crippen LogP contribution in [0.1, 0.15) is 24.5 Å². The van der Waals surface area contributed by atoms with Gasteiger partial charge in [0.05, 0.1) is 22.0 Å². The quantitative estimate of drug-likeness (QED) is 0.520. The fourth-order valence-electron chi connectivity index (χ4n) is 3.38. The first kappa shape index (κ1) is 27.2. The molecule has 0 aliphatic heterocycles. The SMILES string of the molecule is CC[C@H](C(=O)NC)N(Cc1ccc(Cl)c(Cl)c1)C(=O)CN(c1cccc(Cl)c1C)S(C)(=O)=O. The van der Waals surface area contributed by atoms with Crippen LogP contribution in [0.2, 0.25) is 15.1 Å². The molecule has 180 valence electrons. The average molecular weight is 535 g/mol. The molecule has 0 radical (unpaired) electrons. The van der Waals surface area contributed by atoms with E-state index in [1.807, 2.05) is 0 Å². The molecule has 2 rings (SSSR count). The van der Waals surface area contributed by atoms with Crippen molar-refractivity contribution in [2.45, 2.75) is 32.9 Å². The van der Waals surface area contributed by atoms with Gasteiger partial charge in [-0.25, -0.2) is 8.42 Å². The molecule has 2 amide bonds. The molecule has 0 fully saturated rings. The zero-order chi connectivity index (χ0) is 24.9. The van der Waals surface area contributed by atoms with Gasteiger partial charge < -0.3 is 10.2 Å². The second-order valence-electron chi connectivity index (χ2n) is 7.46. The van der Waals surface area contributed by atoms with E-state index in [-0.39, 0.29) is 12.5 Å². The Balaban J connectivity index is 2.49. The third-order valence-electron chi connectivity index (χ3n) is 5.16. The number of nitrogens with one attached hydrogen (secondary N) is 1. The van der Waals surface area contributed by atoms with Crippen molar-refractivity contribution < 1.29 is 18.0 Å². The smallest absolute Gasteiger partial charge is 0.244 e. The summed E-state index contributed by atoms with van der Waals surface area (Å²) < 4.78 is 26.2. The number of rotatable bonds is 9. The Morgan fingerprint density at radius 3 is 2.27 bits per heavy atom. The molecule has 0 saturated carbocycles. The molecule has 0 unspecified atom stereocenters. The maximum Gasteiger partial charge on any atom is 0.244 e. The molecule has 0 heterocycles. The second kappa shape index (κ2) is 11.4. The number of nitrogens with zero attached hydrogens (tertiary/aromatic N) is 2. The predicted octanol–water partition coefficient (Wildman–Crippen LogP) is 4.27. The van der Waals surface area contributed by atoms with E-state index < -0.39 is 28.5 Å². The van der Waals surface area contributed by atoms with Gasteiger partial charge in [-0.3, -0.25) is 13.9 Å². The van der Waals surface area contributed by atoms with Crippen LogP contribution in [0.5, 0.6) is 0 Å². The Morgan fingerprint density at radius 1 is 1.06 bits per heavy atom. The molecule has 0 saturated heterocycles. The highest BCUT2D eigenvalue weighted by molar-refractivity contribution is 7.92. The van der Waals surface area contributed by atoms with Gasteiger partial charge in [-0.1, -0.05) is 53.9 Å². The summed E-state index contributed by atoms with van der Waals surface area (Å²) >= 11 is 18.3. The summed E-state index contributed by atoms with van der Waals surface area (Å²) in [6.45, 7) is 2.97. The largest absolute Gasteiger partial charge is 0.357 e. The number of likely N-dealkylation sites (N-methyl/N-ethyl adjacent to an activating group) is 1. The monoisotopic (exact) mass is 533 g/mol. The predicted molar refractivity (Wildman–Crippen MR) is 134 cm³/mol. The topological polar surface area (TPSA) is 86.8 Å². The summed E-state index contributed by atoms with van der Waals surface area (Å²) in [4.78, 5) is 27.4. The molecule has 0 spiro atoms. The second-order valence-corrected chi connectivity index (χ2v) is 10.6. The maximum absolute atomic E-state index is 13.5. The van der Waals surface area contributed by atoms with Gasteiger partial charge in [-0.2, -0.15) is 0 Å². The molecule has 1 N–H and O–H groups in total. The molecular weight excluding hydrogens is 509 g/mol. The van der Waals surface area contributed by atoms with Crippen molar-refractivity contribution in [3.05, 3.63) is 62.6 Å². The van der Waals surface area contributed by atoms with Gasteiger partial charge >= 0.3 is 0 Å². The van der Waals surface area contributed by atoms with Gasteiger partial charge in [-0.15, -0.1) is 0 Å². The van der Waals surface area contributed by atoms with Crippen molar-refractivity contribution >= 4 is 62.3 Å². The molecule has 7 nitrogen and oxygen atoms in total. The zero-order valence-corrected chi connectivity index (χ0v) is 21.8. The highest BCUT2D eigenvalue weighted by Crippen LogP contribution is 2.29. The Kier molecular flexibility index (Phi) is 9.43. The van der Waals surface area contributed by atoms with E-state index in [9.17, 15) is 18.0 Å². The van der Waals surface area contributed by atoms with Crippen molar-refractivity contribution in [3.8, 4) is 0 Å². The van der Waals surface area contributed by atoms with Crippen LogP contribution in [0.15, 0.2) is 36.4 Å². The number of carbonyl (C=O) groups is 2. The zero-order valence-electron chi connectivity index (χ0n) is 18.7. The lowest BCUT2D eigenvalue weighted by Gasteiger charge is -2.33. The summed E-state index contributed by atoms with van der Waals surface area (Å²) in [5.74, 6) is -0.919. The molecule has 0 aliphatic carbocycles. The van der Waals surface area contributed by atoms with Crippen LogP contribution in [0.4, 0.5) is 5.69 Å².